The number of nitrogens with one attached hydrogen (secondary N) is 2. The summed E-state index contributed by atoms with van der Waals surface area (Å²) in [5.74, 6) is -0.511. The molecule has 3 rings (SSSR count). The normalized spacial score (nSPS) is 10.7. The van der Waals surface area contributed by atoms with Crippen LogP contribution in [0.25, 0.3) is 10.9 Å². The largest absolute Gasteiger partial charge is 0.352 e. The van der Waals surface area contributed by atoms with Gasteiger partial charge in [0.2, 0.25) is 5.91 Å². The lowest BCUT2D eigenvalue weighted by molar-refractivity contribution is -0.121. The molecule has 5 heteroatoms. The van der Waals surface area contributed by atoms with Gasteiger partial charge in [0, 0.05) is 18.5 Å². The molecule has 0 radical (unpaired) electrons. The van der Waals surface area contributed by atoms with Crippen molar-refractivity contribution in [2.45, 2.75) is 19.4 Å². The van der Waals surface area contributed by atoms with E-state index in [0.717, 1.165) is 10.9 Å². The zero-order valence-corrected chi connectivity index (χ0v) is 13.0. The van der Waals surface area contributed by atoms with Crippen molar-refractivity contribution in [1.29, 1.82) is 0 Å². The third-order valence-corrected chi connectivity index (χ3v) is 3.84. The molecule has 0 unspecified atom stereocenters. The van der Waals surface area contributed by atoms with E-state index in [4.69, 9.17) is 0 Å². The van der Waals surface area contributed by atoms with Crippen LogP contribution >= 0.6 is 0 Å². The van der Waals surface area contributed by atoms with E-state index in [0.29, 0.717) is 24.0 Å². The predicted molar refractivity (Wildman–Crippen MR) is 91.1 cm³/mol. The van der Waals surface area contributed by atoms with Crippen LogP contribution in [0.1, 0.15) is 17.5 Å². The fraction of sp³-hybridized carbons (Fsp3) is 0.158. The van der Waals surface area contributed by atoms with Crippen LogP contribution < -0.4 is 10.9 Å². The van der Waals surface area contributed by atoms with Gasteiger partial charge >= 0.3 is 0 Å². The van der Waals surface area contributed by atoms with Crippen molar-refractivity contribution >= 4 is 16.8 Å². The van der Waals surface area contributed by atoms with E-state index in [1.807, 2.05) is 30.3 Å². The van der Waals surface area contributed by atoms with Crippen molar-refractivity contribution in [1.82, 2.24) is 10.3 Å². The summed E-state index contributed by atoms with van der Waals surface area (Å²) in [6, 6.07) is 15.6. The van der Waals surface area contributed by atoms with Gasteiger partial charge < -0.3 is 10.3 Å². The van der Waals surface area contributed by atoms with Gasteiger partial charge in [0.15, 0.2) is 0 Å². The maximum atomic E-state index is 13.2. The number of rotatable bonds is 5. The van der Waals surface area contributed by atoms with Gasteiger partial charge in [0.05, 0.1) is 5.52 Å². The molecule has 0 saturated heterocycles. The first-order valence-electron chi connectivity index (χ1n) is 7.74. The summed E-state index contributed by atoms with van der Waals surface area (Å²) in [4.78, 5) is 26.6. The van der Waals surface area contributed by atoms with Crippen LogP contribution in [0.2, 0.25) is 0 Å². The van der Waals surface area contributed by atoms with Crippen molar-refractivity contribution in [3.63, 3.8) is 0 Å². The average Bonchev–Trinajstić information content (AvgIpc) is 2.59. The van der Waals surface area contributed by atoms with Crippen molar-refractivity contribution in [2.24, 2.45) is 0 Å². The number of amides is 1. The number of aromatic amines is 1. The number of aryl methyl sites for hydroxylation is 1. The molecule has 0 aliphatic rings. The van der Waals surface area contributed by atoms with Gasteiger partial charge in [-0.25, -0.2) is 4.39 Å². The number of pyridine rings is 1. The van der Waals surface area contributed by atoms with Crippen LogP contribution in [0.4, 0.5) is 4.39 Å². The Labute approximate surface area is 138 Å². The smallest absolute Gasteiger partial charge is 0.251 e. The molecule has 0 spiro atoms. The second kappa shape index (κ2) is 7.08. The first-order valence-corrected chi connectivity index (χ1v) is 7.74. The Hall–Kier alpha value is -2.95. The Bertz CT molecular complexity index is 920. The Morgan fingerprint density at radius 2 is 1.88 bits per heavy atom. The predicted octanol–water partition coefficient (Wildman–Crippen LogP) is 2.92. The number of benzene rings is 2. The van der Waals surface area contributed by atoms with E-state index in [1.165, 1.54) is 12.1 Å². The van der Waals surface area contributed by atoms with Gasteiger partial charge in [0.1, 0.15) is 5.82 Å². The quantitative estimate of drug-likeness (QED) is 0.758. The number of H-pyrrole nitrogens is 1. The number of halogens is 1. The highest BCUT2D eigenvalue weighted by molar-refractivity contribution is 5.79. The molecule has 1 amide bonds. The SMILES string of the molecule is O=C(CCc1cc2ccc(F)cc2[nH]c1=O)NCc1ccccc1. The number of carbonyl (C=O) groups is 1. The van der Waals surface area contributed by atoms with Crippen LogP contribution in [-0.4, -0.2) is 10.9 Å². The molecule has 2 N–H and O–H groups in total. The highest BCUT2D eigenvalue weighted by atomic mass is 19.1. The van der Waals surface area contributed by atoms with Crippen molar-refractivity contribution < 1.29 is 9.18 Å². The van der Waals surface area contributed by atoms with Gasteiger partial charge in [-0.05, 0) is 41.6 Å². The second-order valence-corrected chi connectivity index (χ2v) is 5.62. The molecule has 0 aliphatic heterocycles. The highest BCUT2D eigenvalue weighted by Gasteiger charge is 2.07. The first-order chi connectivity index (χ1) is 11.6. The summed E-state index contributed by atoms with van der Waals surface area (Å²) in [5, 5.41) is 3.58. The van der Waals surface area contributed by atoms with E-state index in [1.54, 1.807) is 12.1 Å². The maximum Gasteiger partial charge on any atom is 0.251 e. The Kier molecular flexibility index (Phi) is 4.70. The Morgan fingerprint density at radius 3 is 2.67 bits per heavy atom. The molecule has 0 fully saturated rings. The highest BCUT2D eigenvalue weighted by Crippen LogP contribution is 2.13. The standard InChI is InChI=1S/C19H17FN2O2/c20-16-8-6-14-10-15(19(24)22-17(14)11-16)7-9-18(23)21-12-13-4-2-1-3-5-13/h1-6,8,10-11H,7,9,12H2,(H,21,23)(H,22,24). The van der Waals surface area contributed by atoms with E-state index in [2.05, 4.69) is 10.3 Å². The summed E-state index contributed by atoms with van der Waals surface area (Å²) in [5.41, 5.74) is 1.71. The fourth-order valence-electron chi connectivity index (χ4n) is 2.54. The van der Waals surface area contributed by atoms with Crippen LogP contribution in [-0.2, 0) is 17.8 Å². The Morgan fingerprint density at radius 1 is 1.08 bits per heavy atom. The average molecular weight is 324 g/mol. The second-order valence-electron chi connectivity index (χ2n) is 5.62. The topological polar surface area (TPSA) is 62.0 Å². The number of hydrogen-bond donors (Lipinski definition) is 2. The van der Waals surface area contributed by atoms with Crippen molar-refractivity contribution in [3.8, 4) is 0 Å². The lowest BCUT2D eigenvalue weighted by Crippen LogP contribution is -2.24. The minimum Gasteiger partial charge on any atom is -0.352 e. The fourth-order valence-corrected chi connectivity index (χ4v) is 2.54. The number of hydrogen-bond acceptors (Lipinski definition) is 2. The summed E-state index contributed by atoms with van der Waals surface area (Å²) in [6.07, 6.45) is 0.561. The Balaban J connectivity index is 1.62. The third-order valence-electron chi connectivity index (χ3n) is 3.84. The summed E-state index contributed by atoms with van der Waals surface area (Å²) in [6.45, 7) is 0.465. The zero-order valence-electron chi connectivity index (χ0n) is 13.0. The molecule has 2 aromatic carbocycles. The number of aromatic nitrogens is 1. The molecular formula is C19H17FN2O2. The molecule has 24 heavy (non-hydrogen) atoms. The molecule has 0 aliphatic carbocycles. The molecule has 122 valence electrons. The molecule has 4 nitrogen and oxygen atoms in total. The van der Waals surface area contributed by atoms with E-state index < -0.39 is 5.82 Å². The van der Waals surface area contributed by atoms with Crippen LogP contribution in [0, 0.1) is 5.82 Å². The van der Waals surface area contributed by atoms with Gasteiger partial charge in [-0.15, -0.1) is 0 Å². The molecule has 1 aromatic heterocycles. The van der Waals surface area contributed by atoms with E-state index in [9.17, 15) is 14.0 Å². The summed E-state index contributed by atoms with van der Waals surface area (Å²) in [7, 11) is 0. The summed E-state index contributed by atoms with van der Waals surface area (Å²) >= 11 is 0. The van der Waals surface area contributed by atoms with Gasteiger partial charge in [0.25, 0.3) is 5.56 Å². The monoisotopic (exact) mass is 324 g/mol. The van der Waals surface area contributed by atoms with E-state index >= 15 is 0 Å². The van der Waals surface area contributed by atoms with Gasteiger partial charge in [-0.3, -0.25) is 9.59 Å². The minimum atomic E-state index is -0.397. The molecule has 0 bridgehead atoms. The van der Waals surface area contributed by atoms with Gasteiger partial charge in [-0.2, -0.15) is 0 Å². The molecule has 0 atom stereocenters. The molecule has 3 aromatic rings. The van der Waals surface area contributed by atoms with E-state index in [-0.39, 0.29) is 17.9 Å². The number of fused-ring (bicyclic) bond motifs is 1. The lowest BCUT2D eigenvalue weighted by Gasteiger charge is -2.06. The molecular weight excluding hydrogens is 307 g/mol. The number of carbonyl (C=O) groups excluding carboxylic acids is 1. The zero-order chi connectivity index (χ0) is 16.9. The van der Waals surface area contributed by atoms with Crippen LogP contribution in [0.15, 0.2) is 59.4 Å². The van der Waals surface area contributed by atoms with Crippen molar-refractivity contribution in [3.05, 3.63) is 81.9 Å². The van der Waals surface area contributed by atoms with Crippen molar-refractivity contribution in [2.75, 3.05) is 0 Å². The summed E-state index contributed by atoms with van der Waals surface area (Å²) < 4.78 is 13.2. The van der Waals surface area contributed by atoms with Crippen LogP contribution in [0.5, 0.6) is 0 Å². The minimum absolute atomic E-state index is 0.113. The maximum absolute atomic E-state index is 13.2. The molecule has 1 heterocycles. The lowest BCUT2D eigenvalue weighted by atomic mass is 10.1. The van der Waals surface area contributed by atoms with Crippen LogP contribution in [0.3, 0.4) is 0 Å². The van der Waals surface area contributed by atoms with Gasteiger partial charge in [-0.1, -0.05) is 30.3 Å². The first kappa shape index (κ1) is 15.9. The molecule has 0 saturated carbocycles. The third kappa shape index (κ3) is 3.87.